The standard InChI is InChI=1S/C27H31FN4O5S2/c1-30(2)39(36,37)32(26-9-5-4-8-25(26)28)20-21-10-12-22(13-11-21)27(33)29-23-14-16-24(17-15-23)38(34,35)31-18-6-3-7-19-31/h4-5,8-17H,3,6-7,18-20H2,1-2H3,(H,29,33). The maximum absolute atomic E-state index is 14.5. The molecule has 1 heterocycles. The molecule has 39 heavy (non-hydrogen) atoms. The summed E-state index contributed by atoms with van der Waals surface area (Å²) in [4.78, 5) is 13.0. The summed E-state index contributed by atoms with van der Waals surface area (Å²) in [7, 11) is -4.83. The third-order valence-corrected chi connectivity index (χ3v) is 10.2. The summed E-state index contributed by atoms with van der Waals surface area (Å²) >= 11 is 0. The van der Waals surface area contributed by atoms with E-state index >= 15 is 0 Å². The van der Waals surface area contributed by atoms with Crippen molar-refractivity contribution < 1.29 is 26.0 Å². The third-order valence-electron chi connectivity index (χ3n) is 6.47. The molecule has 12 heteroatoms. The minimum absolute atomic E-state index is 0.0845. The molecule has 1 aliphatic rings. The number of carbonyl (C=O) groups excluding carboxylic acids is 1. The molecule has 1 saturated heterocycles. The van der Waals surface area contributed by atoms with Gasteiger partial charge in [-0.25, -0.2) is 12.8 Å². The van der Waals surface area contributed by atoms with Gasteiger partial charge in [0.15, 0.2) is 0 Å². The Kier molecular flexibility index (Phi) is 8.70. The van der Waals surface area contributed by atoms with Gasteiger partial charge in [-0.3, -0.25) is 9.10 Å². The molecule has 1 N–H and O–H groups in total. The third kappa shape index (κ3) is 6.47. The summed E-state index contributed by atoms with van der Waals surface area (Å²) in [5.74, 6) is -1.09. The highest BCUT2D eigenvalue weighted by atomic mass is 32.2. The molecule has 9 nitrogen and oxygen atoms in total. The van der Waals surface area contributed by atoms with E-state index in [0.29, 0.717) is 29.9 Å². The van der Waals surface area contributed by atoms with E-state index in [1.807, 2.05) is 0 Å². The summed E-state index contributed by atoms with van der Waals surface area (Å²) in [5, 5.41) is 2.74. The van der Waals surface area contributed by atoms with Crippen LogP contribution in [0.3, 0.4) is 0 Å². The highest BCUT2D eigenvalue weighted by Gasteiger charge is 2.28. The number of piperidine rings is 1. The molecule has 0 aliphatic carbocycles. The van der Waals surface area contributed by atoms with Crippen LogP contribution in [0.15, 0.2) is 77.7 Å². The number of sulfonamides is 1. The largest absolute Gasteiger partial charge is 0.322 e. The quantitative estimate of drug-likeness (QED) is 0.415. The van der Waals surface area contributed by atoms with Gasteiger partial charge in [0.1, 0.15) is 5.82 Å². The van der Waals surface area contributed by atoms with Gasteiger partial charge in [-0.15, -0.1) is 0 Å². The maximum Gasteiger partial charge on any atom is 0.303 e. The number of hydrogen-bond acceptors (Lipinski definition) is 5. The minimum Gasteiger partial charge on any atom is -0.322 e. The molecule has 1 aliphatic heterocycles. The van der Waals surface area contributed by atoms with Gasteiger partial charge in [-0.05, 0) is 66.9 Å². The molecule has 1 fully saturated rings. The van der Waals surface area contributed by atoms with Crippen molar-refractivity contribution in [2.45, 2.75) is 30.7 Å². The first-order chi connectivity index (χ1) is 18.5. The Labute approximate surface area is 229 Å². The number of anilines is 2. The van der Waals surface area contributed by atoms with E-state index in [1.165, 1.54) is 48.7 Å². The van der Waals surface area contributed by atoms with Crippen LogP contribution in [0.5, 0.6) is 0 Å². The van der Waals surface area contributed by atoms with Crippen LogP contribution in [0.25, 0.3) is 0 Å². The van der Waals surface area contributed by atoms with Gasteiger partial charge in [0.25, 0.3) is 5.91 Å². The monoisotopic (exact) mass is 574 g/mol. The van der Waals surface area contributed by atoms with Gasteiger partial charge < -0.3 is 5.32 Å². The van der Waals surface area contributed by atoms with Gasteiger partial charge in [0.2, 0.25) is 10.0 Å². The van der Waals surface area contributed by atoms with Crippen molar-refractivity contribution in [2.24, 2.45) is 0 Å². The highest BCUT2D eigenvalue weighted by molar-refractivity contribution is 7.90. The van der Waals surface area contributed by atoms with E-state index in [9.17, 15) is 26.0 Å². The summed E-state index contributed by atoms with van der Waals surface area (Å²) in [6.45, 7) is 0.877. The fraction of sp³-hybridized carbons (Fsp3) is 0.296. The molecular formula is C27H31FN4O5S2. The zero-order valence-corrected chi connectivity index (χ0v) is 23.4. The number of hydrogen-bond donors (Lipinski definition) is 1. The van der Waals surface area contributed by atoms with Gasteiger partial charge in [-0.1, -0.05) is 30.7 Å². The fourth-order valence-corrected chi connectivity index (χ4v) is 6.86. The topological polar surface area (TPSA) is 107 Å². The zero-order chi connectivity index (χ0) is 28.2. The van der Waals surface area contributed by atoms with Crippen molar-refractivity contribution in [1.82, 2.24) is 8.61 Å². The molecule has 0 aromatic heterocycles. The SMILES string of the molecule is CN(C)S(=O)(=O)N(Cc1ccc(C(=O)Nc2ccc(S(=O)(=O)N3CCCCC3)cc2)cc1)c1ccccc1F. The molecule has 0 radical (unpaired) electrons. The average molecular weight is 575 g/mol. The van der Waals surface area contributed by atoms with Crippen LogP contribution in [0.1, 0.15) is 35.2 Å². The summed E-state index contributed by atoms with van der Waals surface area (Å²) in [5.41, 5.74) is 1.22. The van der Waals surface area contributed by atoms with Crippen LogP contribution >= 0.6 is 0 Å². The van der Waals surface area contributed by atoms with Crippen LogP contribution in [0.4, 0.5) is 15.8 Å². The van der Waals surface area contributed by atoms with Crippen LogP contribution in [-0.4, -0.2) is 58.5 Å². The van der Waals surface area contributed by atoms with Crippen LogP contribution in [0, 0.1) is 5.82 Å². The number of halogens is 1. The molecule has 1 amide bonds. The molecule has 0 atom stereocenters. The van der Waals surface area contributed by atoms with Crippen molar-refractivity contribution in [3.63, 3.8) is 0 Å². The molecule has 0 saturated carbocycles. The average Bonchev–Trinajstić information content (AvgIpc) is 2.93. The van der Waals surface area contributed by atoms with E-state index < -0.39 is 32.0 Å². The second-order valence-corrected chi connectivity index (χ2v) is 13.4. The van der Waals surface area contributed by atoms with E-state index in [0.717, 1.165) is 27.9 Å². The Morgan fingerprint density at radius 2 is 1.49 bits per heavy atom. The molecule has 0 spiro atoms. The zero-order valence-electron chi connectivity index (χ0n) is 21.7. The van der Waals surface area contributed by atoms with Crippen LogP contribution in [-0.2, 0) is 26.8 Å². The predicted molar refractivity (Wildman–Crippen MR) is 149 cm³/mol. The van der Waals surface area contributed by atoms with Gasteiger partial charge in [-0.2, -0.15) is 17.0 Å². The first-order valence-corrected chi connectivity index (χ1v) is 15.3. The Morgan fingerprint density at radius 3 is 2.08 bits per heavy atom. The first-order valence-electron chi connectivity index (χ1n) is 12.5. The Hall–Kier alpha value is -3.32. The van der Waals surface area contributed by atoms with Crippen LogP contribution in [0.2, 0.25) is 0 Å². The molecular weight excluding hydrogens is 543 g/mol. The van der Waals surface area contributed by atoms with E-state index in [1.54, 1.807) is 42.5 Å². The lowest BCUT2D eigenvalue weighted by Crippen LogP contribution is -2.40. The smallest absolute Gasteiger partial charge is 0.303 e. The molecule has 208 valence electrons. The van der Waals surface area contributed by atoms with E-state index in [-0.39, 0.29) is 17.1 Å². The Balaban J connectivity index is 1.46. The van der Waals surface area contributed by atoms with Gasteiger partial charge in [0.05, 0.1) is 17.1 Å². The normalized spacial score (nSPS) is 14.8. The lowest BCUT2D eigenvalue weighted by molar-refractivity contribution is 0.102. The van der Waals surface area contributed by atoms with Gasteiger partial charge in [0, 0.05) is 38.4 Å². The molecule has 0 unspecified atom stereocenters. The van der Waals surface area contributed by atoms with Crippen molar-refractivity contribution >= 4 is 37.5 Å². The lowest BCUT2D eigenvalue weighted by Gasteiger charge is -2.27. The second-order valence-electron chi connectivity index (χ2n) is 9.39. The van der Waals surface area contributed by atoms with E-state index in [4.69, 9.17) is 0 Å². The van der Waals surface area contributed by atoms with Crippen LogP contribution < -0.4 is 9.62 Å². The lowest BCUT2D eigenvalue weighted by atomic mass is 10.1. The Bertz CT molecular complexity index is 1520. The first kappa shape index (κ1) is 28.7. The maximum atomic E-state index is 14.5. The number of benzene rings is 3. The summed E-state index contributed by atoms with van der Waals surface area (Å²) < 4.78 is 69.5. The second kappa shape index (κ2) is 11.8. The fourth-order valence-electron chi connectivity index (χ4n) is 4.24. The number of para-hydroxylation sites is 1. The van der Waals surface area contributed by atoms with Gasteiger partial charge >= 0.3 is 10.2 Å². The van der Waals surface area contributed by atoms with Crippen molar-refractivity contribution in [2.75, 3.05) is 36.8 Å². The number of carbonyl (C=O) groups is 1. The molecule has 0 bridgehead atoms. The summed E-state index contributed by atoms with van der Waals surface area (Å²) in [6, 6.07) is 17.9. The number of nitrogens with one attached hydrogen (secondary N) is 1. The molecule has 3 aromatic rings. The molecule has 3 aromatic carbocycles. The summed E-state index contributed by atoms with van der Waals surface area (Å²) in [6.07, 6.45) is 2.72. The number of amides is 1. The minimum atomic E-state index is -4.00. The number of rotatable bonds is 9. The molecule has 4 rings (SSSR count). The number of nitrogens with zero attached hydrogens (tertiary/aromatic N) is 3. The van der Waals surface area contributed by atoms with Crippen molar-refractivity contribution in [3.05, 3.63) is 89.7 Å². The predicted octanol–water partition coefficient (Wildman–Crippen LogP) is 4.07. The van der Waals surface area contributed by atoms with Crippen molar-refractivity contribution in [1.29, 1.82) is 0 Å². The van der Waals surface area contributed by atoms with E-state index in [2.05, 4.69) is 5.32 Å². The highest BCUT2D eigenvalue weighted by Crippen LogP contribution is 2.26. The Morgan fingerprint density at radius 1 is 0.872 bits per heavy atom. The van der Waals surface area contributed by atoms with Crippen molar-refractivity contribution in [3.8, 4) is 0 Å².